The van der Waals surface area contributed by atoms with Crippen LogP contribution in [0.25, 0.3) is 0 Å². The highest BCUT2D eigenvalue weighted by molar-refractivity contribution is 7.89. The molecule has 1 unspecified atom stereocenters. The molecule has 0 spiro atoms. The molecule has 1 atom stereocenters. The molecule has 1 heterocycles. The molecule has 0 aliphatic rings. The Labute approximate surface area is 114 Å². The zero-order chi connectivity index (χ0) is 14.5. The SMILES string of the molecule is CCN(C(C)COC)S(=O)(=O)c1cnc(NC)nc1. The number of sulfonamides is 1. The Morgan fingerprint density at radius 3 is 2.42 bits per heavy atom. The van der Waals surface area contributed by atoms with E-state index in [0.29, 0.717) is 19.1 Å². The number of hydrogen-bond donors (Lipinski definition) is 1. The molecule has 0 aliphatic carbocycles. The van der Waals surface area contributed by atoms with E-state index in [1.165, 1.54) is 16.7 Å². The van der Waals surface area contributed by atoms with E-state index in [4.69, 9.17) is 4.74 Å². The third-order valence-electron chi connectivity index (χ3n) is 2.67. The Balaban J connectivity index is 3.05. The van der Waals surface area contributed by atoms with E-state index in [-0.39, 0.29) is 10.9 Å². The number of likely N-dealkylation sites (N-methyl/N-ethyl adjacent to an activating group) is 1. The van der Waals surface area contributed by atoms with E-state index in [2.05, 4.69) is 15.3 Å². The van der Waals surface area contributed by atoms with Crippen molar-refractivity contribution in [2.45, 2.75) is 24.8 Å². The topological polar surface area (TPSA) is 84.4 Å². The lowest BCUT2D eigenvalue weighted by Gasteiger charge is -2.26. The molecule has 8 heteroatoms. The maximum atomic E-state index is 12.4. The summed E-state index contributed by atoms with van der Waals surface area (Å²) in [6.07, 6.45) is 2.60. The van der Waals surface area contributed by atoms with E-state index in [0.717, 1.165) is 0 Å². The van der Waals surface area contributed by atoms with Crippen LogP contribution in [-0.2, 0) is 14.8 Å². The monoisotopic (exact) mass is 288 g/mol. The highest BCUT2D eigenvalue weighted by atomic mass is 32.2. The summed E-state index contributed by atoms with van der Waals surface area (Å²) < 4.78 is 31.3. The lowest BCUT2D eigenvalue weighted by atomic mass is 10.4. The van der Waals surface area contributed by atoms with Crippen LogP contribution in [0, 0.1) is 0 Å². The number of hydrogen-bond acceptors (Lipinski definition) is 6. The van der Waals surface area contributed by atoms with E-state index in [1.807, 2.05) is 0 Å². The first-order chi connectivity index (χ1) is 8.97. The van der Waals surface area contributed by atoms with E-state index in [9.17, 15) is 8.42 Å². The number of aromatic nitrogens is 2. The van der Waals surface area contributed by atoms with Crippen LogP contribution < -0.4 is 5.32 Å². The van der Waals surface area contributed by atoms with Crippen LogP contribution in [0.3, 0.4) is 0 Å². The summed E-state index contributed by atoms with van der Waals surface area (Å²) in [5.74, 6) is 0.381. The number of anilines is 1. The van der Waals surface area contributed by atoms with Crippen LogP contribution in [0.2, 0.25) is 0 Å². The van der Waals surface area contributed by atoms with Gasteiger partial charge in [0.25, 0.3) is 0 Å². The van der Waals surface area contributed by atoms with Crippen LogP contribution in [0.15, 0.2) is 17.3 Å². The van der Waals surface area contributed by atoms with Crippen LogP contribution in [0.4, 0.5) is 5.95 Å². The van der Waals surface area contributed by atoms with Crippen molar-refractivity contribution in [2.24, 2.45) is 0 Å². The molecule has 0 fully saturated rings. The molecule has 1 rings (SSSR count). The van der Waals surface area contributed by atoms with Crippen molar-refractivity contribution < 1.29 is 13.2 Å². The van der Waals surface area contributed by atoms with Gasteiger partial charge >= 0.3 is 0 Å². The van der Waals surface area contributed by atoms with Gasteiger partial charge in [0.05, 0.1) is 19.0 Å². The van der Waals surface area contributed by atoms with Crippen LogP contribution in [0.5, 0.6) is 0 Å². The van der Waals surface area contributed by atoms with Gasteiger partial charge in [0.15, 0.2) is 0 Å². The standard InChI is InChI=1S/C11H20N4O3S/c1-5-15(9(2)8-18-4)19(16,17)10-6-13-11(12-3)14-7-10/h6-7,9H,5,8H2,1-4H3,(H,12,13,14). The van der Waals surface area contributed by atoms with Crippen LogP contribution in [-0.4, -0.2) is 56.0 Å². The minimum absolute atomic E-state index is 0.0799. The maximum Gasteiger partial charge on any atom is 0.246 e. The summed E-state index contributed by atoms with van der Waals surface area (Å²) in [7, 11) is -0.384. The van der Waals surface area contributed by atoms with Gasteiger partial charge in [-0.1, -0.05) is 6.92 Å². The molecule has 1 N–H and O–H groups in total. The first kappa shape index (κ1) is 15.8. The molecule has 0 saturated carbocycles. The zero-order valence-electron chi connectivity index (χ0n) is 11.6. The predicted molar refractivity (Wildman–Crippen MR) is 72.5 cm³/mol. The average Bonchev–Trinajstić information content (AvgIpc) is 2.39. The maximum absolute atomic E-state index is 12.4. The normalized spacial score (nSPS) is 13.5. The van der Waals surface area contributed by atoms with E-state index < -0.39 is 10.0 Å². The van der Waals surface area contributed by atoms with Gasteiger partial charge in [-0.25, -0.2) is 18.4 Å². The highest BCUT2D eigenvalue weighted by Gasteiger charge is 2.28. The Hall–Kier alpha value is -1.25. The van der Waals surface area contributed by atoms with Crippen molar-refractivity contribution >= 4 is 16.0 Å². The number of nitrogens with one attached hydrogen (secondary N) is 1. The second-order valence-corrected chi connectivity index (χ2v) is 5.90. The Kier molecular flexibility index (Phi) is 5.64. The van der Waals surface area contributed by atoms with Gasteiger partial charge in [-0.3, -0.25) is 0 Å². The molecule has 7 nitrogen and oxygen atoms in total. The Morgan fingerprint density at radius 2 is 2.00 bits per heavy atom. The average molecular weight is 288 g/mol. The lowest BCUT2D eigenvalue weighted by Crippen LogP contribution is -2.40. The largest absolute Gasteiger partial charge is 0.383 e. The smallest absolute Gasteiger partial charge is 0.246 e. The summed E-state index contributed by atoms with van der Waals surface area (Å²) in [6.45, 7) is 4.28. The molecule has 108 valence electrons. The molecule has 0 bridgehead atoms. The third kappa shape index (κ3) is 3.62. The molecule has 19 heavy (non-hydrogen) atoms. The van der Waals surface area contributed by atoms with Crippen LogP contribution >= 0.6 is 0 Å². The predicted octanol–water partition coefficient (Wildman–Crippen LogP) is 0.564. The molecule has 0 aromatic carbocycles. The van der Waals surface area contributed by atoms with Gasteiger partial charge in [-0.2, -0.15) is 4.31 Å². The van der Waals surface area contributed by atoms with Crippen molar-refractivity contribution in [3.05, 3.63) is 12.4 Å². The van der Waals surface area contributed by atoms with Gasteiger partial charge in [-0.05, 0) is 6.92 Å². The van der Waals surface area contributed by atoms with Gasteiger partial charge in [0.2, 0.25) is 16.0 Å². The van der Waals surface area contributed by atoms with Crippen molar-refractivity contribution in [1.82, 2.24) is 14.3 Å². The molecular formula is C11H20N4O3S. The van der Waals surface area contributed by atoms with Crippen molar-refractivity contribution in [3.63, 3.8) is 0 Å². The summed E-state index contributed by atoms with van der Waals surface area (Å²) >= 11 is 0. The third-order valence-corrected chi connectivity index (χ3v) is 4.71. The number of ether oxygens (including phenoxy) is 1. The summed E-state index contributed by atoms with van der Waals surface area (Å²) in [5.41, 5.74) is 0. The second kappa shape index (κ2) is 6.78. The fourth-order valence-electron chi connectivity index (χ4n) is 1.76. The number of methoxy groups -OCH3 is 1. The van der Waals surface area contributed by atoms with Crippen molar-refractivity contribution in [3.8, 4) is 0 Å². The molecule has 0 radical (unpaired) electrons. The fraction of sp³-hybridized carbons (Fsp3) is 0.636. The zero-order valence-corrected chi connectivity index (χ0v) is 12.4. The lowest BCUT2D eigenvalue weighted by molar-refractivity contribution is 0.142. The first-order valence-electron chi connectivity index (χ1n) is 5.98. The van der Waals surface area contributed by atoms with E-state index in [1.54, 1.807) is 28.0 Å². The highest BCUT2D eigenvalue weighted by Crippen LogP contribution is 2.17. The minimum Gasteiger partial charge on any atom is -0.383 e. The molecule has 0 amide bonds. The summed E-state index contributed by atoms with van der Waals surface area (Å²) in [4.78, 5) is 7.93. The first-order valence-corrected chi connectivity index (χ1v) is 7.42. The van der Waals surface area contributed by atoms with Gasteiger partial charge < -0.3 is 10.1 Å². The Bertz CT molecular complexity index is 489. The molecule has 0 saturated heterocycles. The minimum atomic E-state index is -3.60. The Morgan fingerprint density at radius 1 is 1.42 bits per heavy atom. The fourth-order valence-corrected chi connectivity index (χ4v) is 3.27. The number of rotatable bonds is 7. The number of nitrogens with zero attached hydrogens (tertiary/aromatic N) is 3. The van der Waals surface area contributed by atoms with Crippen LogP contribution in [0.1, 0.15) is 13.8 Å². The molecule has 1 aromatic rings. The summed E-state index contributed by atoms with van der Waals surface area (Å²) in [5, 5.41) is 2.74. The van der Waals surface area contributed by atoms with Crippen molar-refractivity contribution in [1.29, 1.82) is 0 Å². The second-order valence-electron chi connectivity index (χ2n) is 4.01. The van der Waals surface area contributed by atoms with Gasteiger partial charge in [-0.15, -0.1) is 0 Å². The van der Waals surface area contributed by atoms with E-state index >= 15 is 0 Å². The summed E-state index contributed by atoms with van der Waals surface area (Å²) in [6, 6.07) is -0.246. The quantitative estimate of drug-likeness (QED) is 0.789. The molecule has 0 aliphatic heterocycles. The van der Waals surface area contributed by atoms with Gasteiger partial charge in [0.1, 0.15) is 4.90 Å². The van der Waals surface area contributed by atoms with Gasteiger partial charge in [0, 0.05) is 26.7 Å². The van der Waals surface area contributed by atoms with Crippen molar-refractivity contribution in [2.75, 3.05) is 32.6 Å². The molecular weight excluding hydrogens is 268 g/mol. The molecule has 1 aromatic heterocycles.